The standard InChI is InChI=1S/C14H14ClN3OS/c1-19-13-5-2-9(8-18-13)7-17-10-3-4-11(14(16)20)12(15)6-10/h2-6,8,17H,7H2,1H3,(H2,16,20). The van der Waals surface area contributed by atoms with Gasteiger partial charge in [0.2, 0.25) is 5.88 Å². The van der Waals surface area contributed by atoms with Gasteiger partial charge in [0.05, 0.1) is 12.1 Å². The van der Waals surface area contributed by atoms with Gasteiger partial charge < -0.3 is 15.8 Å². The molecule has 1 heterocycles. The molecule has 0 aliphatic rings. The third kappa shape index (κ3) is 3.59. The van der Waals surface area contributed by atoms with E-state index in [1.807, 2.05) is 18.2 Å². The monoisotopic (exact) mass is 307 g/mol. The van der Waals surface area contributed by atoms with E-state index in [0.29, 0.717) is 28.0 Å². The van der Waals surface area contributed by atoms with E-state index in [1.54, 1.807) is 25.4 Å². The van der Waals surface area contributed by atoms with Crippen molar-refractivity contribution in [1.29, 1.82) is 0 Å². The molecule has 0 spiro atoms. The first-order valence-corrected chi connectivity index (χ1v) is 6.71. The Morgan fingerprint density at radius 3 is 2.75 bits per heavy atom. The zero-order valence-corrected chi connectivity index (χ0v) is 12.5. The van der Waals surface area contributed by atoms with Crippen molar-refractivity contribution >= 4 is 34.5 Å². The van der Waals surface area contributed by atoms with E-state index < -0.39 is 0 Å². The highest BCUT2D eigenvalue weighted by Gasteiger charge is 2.04. The van der Waals surface area contributed by atoms with Gasteiger partial charge in [0.25, 0.3) is 0 Å². The molecule has 2 aromatic rings. The summed E-state index contributed by atoms with van der Waals surface area (Å²) < 4.78 is 5.01. The van der Waals surface area contributed by atoms with E-state index in [2.05, 4.69) is 10.3 Å². The van der Waals surface area contributed by atoms with Gasteiger partial charge in [0.1, 0.15) is 4.99 Å². The van der Waals surface area contributed by atoms with Crippen molar-refractivity contribution in [3.63, 3.8) is 0 Å². The molecule has 0 atom stereocenters. The molecule has 104 valence electrons. The molecule has 6 heteroatoms. The van der Waals surface area contributed by atoms with Crippen LogP contribution >= 0.6 is 23.8 Å². The van der Waals surface area contributed by atoms with E-state index >= 15 is 0 Å². The zero-order valence-electron chi connectivity index (χ0n) is 10.9. The highest BCUT2D eigenvalue weighted by molar-refractivity contribution is 7.80. The summed E-state index contributed by atoms with van der Waals surface area (Å²) in [7, 11) is 1.59. The van der Waals surface area contributed by atoms with Crippen LogP contribution in [0.2, 0.25) is 5.02 Å². The molecule has 0 aliphatic carbocycles. The summed E-state index contributed by atoms with van der Waals surface area (Å²) in [5.41, 5.74) is 8.18. The van der Waals surface area contributed by atoms with Crippen molar-refractivity contribution in [3.8, 4) is 5.88 Å². The van der Waals surface area contributed by atoms with Crippen molar-refractivity contribution in [3.05, 3.63) is 52.7 Å². The molecule has 0 aliphatic heterocycles. The number of pyridine rings is 1. The summed E-state index contributed by atoms with van der Waals surface area (Å²) in [5, 5.41) is 3.79. The minimum atomic E-state index is 0.293. The number of halogens is 1. The summed E-state index contributed by atoms with van der Waals surface area (Å²) >= 11 is 11.0. The number of anilines is 1. The van der Waals surface area contributed by atoms with Crippen molar-refractivity contribution in [1.82, 2.24) is 4.98 Å². The van der Waals surface area contributed by atoms with Gasteiger partial charge >= 0.3 is 0 Å². The smallest absolute Gasteiger partial charge is 0.212 e. The lowest BCUT2D eigenvalue weighted by atomic mass is 10.2. The molecule has 0 fully saturated rings. The summed E-state index contributed by atoms with van der Waals surface area (Å²) in [5.74, 6) is 0.595. The van der Waals surface area contributed by atoms with Gasteiger partial charge in [-0.2, -0.15) is 0 Å². The molecule has 20 heavy (non-hydrogen) atoms. The number of aromatic nitrogens is 1. The van der Waals surface area contributed by atoms with Crippen molar-refractivity contribution in [2.24, 2.45) is 5.73 Å². The number of benzene rings is 1. The number of thiocarbonyl (C=S) groups is 1. The predicted molar refractivity (Wildman–Crippen MR) is 85.5 cm³/mol. The van der Waals surface area contributed by atoms with Crippen LogP contribution in [-0.2, 0) is 6.54 Å². The maximum atomic E-state index is 6.11. The molecule has 0 amide bonds. The summed E-state index contributed by atoms with van der Waals surface area (Å²) in [6.45, 7) is 0.639. The van der Waals surface area contributed by atoms with Crippen LogP contribution in [0.15, 0.2) is 36.5 Å². The van der Waals surface area contributed by atoms with Crippen LogP contribution in [0, 0.1) is 0 Å². The minimum absolute atomic E-state index is 0.293. The first-order valence-electron chi connectivity index (χ1n) is 5.92. The highest BCUT2D eigenvalue weighted by atomic mass is 35.5. The van der Waals surface area contributed by atoms with Gasteiger partial charge in [0.15, 0.2) is 0 Å². The maximum Gasteiger partial charge on any atom is 0.212 e. The Hall–Kier alpha value is -1.85. The second-order valence-electron chi connectivity index (χ2n) is 4.12. The summed E-state index contributed by atoms with van der Waals surface area (Å²) in [6, 6.07) is 9.26. The Morgan fingerprint density at radius 2 is 2.20 bits per heavy atom. The number of rotatable bonds is 5. The largest absolute Gasteiger partial charge is 0.481 e. The Labute approximate surface area is 127 Å². The van der Waals surface area contributed by atoms with Gasteiger partial charge in [0, 0.05) is 30.1 Å². The third-order valence-electron chi connectivity index (χ3n) is 2.74. The number of nitrogens with one attached hydrogen (secondary N) is 1. The van der Waals surface area contributed by atoms with Crippen LogP contribution in [0.25, 0.3) is 0 Å². The lowest BCUT2D eigenvalue weighted by Crippen LogP contribution is -2.10. The van der Waals surface area contributed by atoms with Crippen LogP contribution in [-0.4, -0.2) is 17.1 Å². The number of ether oxygens (including phenoxy) is 1. The molecule has 0 unspecified atom stereocenters. The van der Waals surface area contributed by atoms with Gasteiger partial charge in [-0.25, -0.2) is 4.98 Å². The summed E-state index contributed by atoms with van der Waals surface area (Å²) in [6.07, 6.45) is 1.76. The second-order valence-corrected chi connectivity index (χ2v) is 4.97. The lowest BCUT2D eigenvalue weighted by Gasteiger charge is -2.09. The van der Waals surface area contributed by atoms with Gasteiger partial charge in [-0.3, -0.25) is 0 Å². The van der Waals surface area contributed by atoms with Crippen LogP contribution in [0.4, 0.5) is 5.69 Å². The van der Waals surface area contributed by atoms with Crippen molar-refractivity contribution < 1.29 is 4.74 Å². The average Bonchev–Trinajstić information content (AvgIpc) is 2.45. The molecule has 1 aromatic heterocycles. The van der Waals surface area contributed by atoms with E-state index in [9.17, 15) is 0 Å². The van der Waals surface area contributed by atoms with E-state index in [4.69, 9.17) is 34.3 Å². The third-order valence-corrected chi connectivity index (χ3v) is 3.27. The Morgan fingerprint density at radius 1 is 1.40 bits per heavy atom. The number of hydrogen-bond donors (Lipinski definition) is 2. The second kappa shape index (κ2) is 6.54. The fourth-order valence-corrected chi connectivity index (χ4v) is 2.18. The molecule has 0 saturated carbocycles. The number of nitrogens with two attached hydrogens (primary N) is 1. The number of methoxy groups -OCH3 is 1. The fourth-order valence-electron chi connectivity index (χ4n) is 1.67. The SMILES string of the molecule is COc1ccc(CNc2ccc(C(N)=S)c(Cl)c2)cn1. The van der Waals surface area contributed by atoms with Crippen LogP contribution in [0.1, 0.15) is 11.1 Å². The van der Waals surface area contributed by atoms with E-state index in [1.165, 1.54) is 0 Å². The van der Waals surface area contributed by atoms with Gasteiger partial charge in [-0.15, -0.1) is 0 Å². The van der Waals surface area contributed by atoms with Crippen LogP contribution in [0.5, 0.6) is 5.88 Å². The fraction of sp³-hybridized carbons (Fsp3) is 0.143. The minimum Gasteiger partial charge on any atom is -0.481 e. The molecule has 0 saturated heterocycles. The van der Waals surface area contributed by atoms with Crippen LogP contribution < -0.4 is 15.8 Å². The van der Waals surface area contributed by atoms with E-state index in [0.717, 1.165) is 11.3 Å². The predicted octanol–water partition coefficient (Wildman–Crippen LogP) is 2.99. The summed E-state index contributed by atoms with van der Waals surface area (Å²) in [4.78, 5) is 4.43. The van der Waals surface area contributed by atoms with Crippen molar-refractivity contribution in [2.75, 3.05) is 12.4 Å². The maximum absolute atomic E-state index is 6.11. The number of nitrogens with zero attached hydrogens (tertiary/aromatic N) is 1. The highest BCUT2D eigenvalue weighted by Crippen LogP contribution is 2.21. The molecule has 1 aromatic carbocycles. The molecule has 0 radical (unpaired) electrons. The number of hydrogen-bond acceptors (Lipinski definition) is 4. The molecule has 0 bridgehead atoms. The molecule has 2 rings (SSSR count). The first kappa shape index (κ1) is 14.6. The van der Waals surface area contributed by atoms with Gasteiger partial charge in [-0.1, -0.05) is 29.9 Å². The first-order chi connectivity index (χ1) is 9.60. The average molecular weight is 308 g/mol. The quantitative estimate of drug-likeness (QED) is 0.832. The normalized spacial score (nSPS) is 10.1. The van der Waals surface area contributed by atoms with Crippen molar-refractivity contribution in [2.45, 2.75) is 6.54 Å². The Kier molecular flexibility index (Phi) is 4.76. The topological polar surface area (TPSA) is 60.2 Å². The Bertz CT molecular complexity index is 616. The van der Waals surface area contributed by atoms with E-state index in [-0.39, 0.29) is 0 Å². The van der Waals surface area contributed by atoms with Gasteiger partial charge in [-0.05, 0) is 23.8 Å². The Balaban J connectivity index is 2.03. The van der Waals surface area contributed by atoms with Crippen LogP contribution in [0.3, 0.4) is 0 Å². The zero-order chi connectivity index (χ0) is 14.5. The molecular weight excluding hydrogens is 294 g/mol. The molecule has 4 nitrogen and oxygen atoms in total. The molecule has 3 N–H and O–H groups in total. The lowest BCUT2D eigenvalue weighted by molar-refractivity contribution is 0.397. The molecular formula is C14H14ClN3OS.